The minimum atomic E-state index is -3.69. The summed E-state index contributed by atoms with van der Waals surface area (Å²) in [5.41, 5.74) is 1.21. The summed E-state index contributed by atoms with van der Waals surface area (Å²) in [4.78, 5) is 12.6. The van der Waals surface area contributed by atoms with Crippen molar-refractivity contribution in [2.75, 3.05) is 31.6 Å². The van der Waals surface area contributed by atoms with Crippen LogP contribution in [0.25, 0.3) is 0 Å². The maximum Gasteiger partial charge on any atom is 0.272 e. The number of aryl methyl sites for hydroxylation is 2. The average Bonchev–Trinajstić information content (AvgIpc) is 3.01. The molecule has 1 saturated heterocycles. The topological polar surface area (TPSA) is 80.6 Å². The molecule has 0 radical (unpaired) electrons. The summed E-state index contributed by atoms with van der Waals surface area (Å²) < 4.78 is 46.8. The molecule has 0 bridgehead atoms. The number of sulfonamides is 1. The van der Waals surface area contributed by atoms with Crippen LogP contribution in [0.3, 0.4) is 0 Å². The minimum Gasteiger partial charge on any atom is -0.379 e. The Labute approximate surface area is 151 Å². The minimum absolute atomic E-state index is 0.0445. The van der Waals surface area contributed by atoms with Gasteiger partial charge in [-0.2, -0.15) is 4.31 Å². The van der Waals surface area contributed by atoms with Crippen molar-refractivity contribution in [1.29, 1.82) is 0 Å². The summed E-state index contributed by atoms with van der Waals surface area (Å²) in [6.45, 7) is 2.99. The fourth-order valence-corrected chi connectivity index (χ4v) is 4.23. The zero-order valence-corrected chi connectivity index (χ0v) is 15.3. The van der Waals surface area contributed by atoms with Crippen LogP contribution >= 0.6 is 0 Å². The van der Waals surface area contributed by atoms with Gasteiger partial charge in [-0.05, 0) is 30.7 Å². The summed E-state index contributed by atoms with van der Waals surface area (Å²) in [6, 6.07) is 5.42. The fourth-order valence-electron chi connectivity index (χ4n) is 2.75. The Morgan fingerprint density at radius 3 is 2.62 bits per heavy atom. The smallest absolute Gasteiger partial charge is 0.272 e. The fraction of sp³-hybridized carbons (Fsp3) is 0.353. The van der Waals surface area contributed by atoms with E-state index in [1.165, 1.54) is 33.3 Å². The highest BCUT2D eigenvalue weighted by Crippen LogP contribution is 2.21. The van der Waals surface area contributed by atoms with Crippen LogP contribution in [0.15, 0.2) is 35.4 Å². The third-order valence-corrected chi connectivity index (χ3v) is 6.13. The van der Waals surface area contributed by atoms with E-state index >= 15 is 0 Å². The molecule has 0 aliphatic carbocycles. The van der Waals surface area contributed by atoms with Crippen LogP contribution in [0, 0.1) is 12.7 Å². The van der Waals surface area contributed by atoms with Gasteiger partial charge in [-0.3, -0.25) is 4.79 Å². The van der Waals surface area contributed by atoms with Gasteiger partial charge in [0.15, 0.2) is 0 Å². The Balaban J connectivity index is 1.85. The SMILES string of the molecule is Cc1ccc(F)cc1NC(=O)c1cc(S(=O)(=O)N2CCOCC2)cn1C. The predicted molar refractivity (Wildman–Crippen MR) is 94.1 cm³/mol. The molecule has 2 aromatic rings. The van der Waals surface area contributed by atoms with E-state index in [0.717, 1.165) is 0 Å². The normalized spacial score (nSPS) is 15.8. The Bertz CT molecular complexity index is 933. The molecule has 9 heteroatoms. The molecule has 3 rings (SSSR count). The molecule has 1 N–H and O–H groups in total. The number of amides is 1. The molecule has 1 aliphatic rings. The maximum atomic E-state index is 13.4. The van der Waals surface area contributed by atoms with Crippen LogP contribution in [-0.4, -0.2) is 49.5 Å². The first kappa shape index (κ1) is 18.6. The number of halogens is 1. The predicted octanol–water partition coefficient (Wildman–Crippen LogP) is 1.75. The lowest BCUT2D eigenvalue weighted by molar-refractivity contribution is 0.0730. The molecule has 0 spiro atoms. The Kier molecular flexibility index (Phi) is 5.12. The van der Waals surface area contributed by atoms with Crippen LogP contribution in [0.5, 0.6) is 0 Å². The van der Waals surface area contributed by atoms with Gasteiger partial charge in [0, 0.05) is 32.0 Å². The first-order valence-electron chi connectivity index (χ1n) is 8.11. The second-order valence-corrected chi connectivity index (χ2v) is 8.04. The highest BCUT2D eigenvalue weighted by molar-refractivity contribution is 7.89. The van der Waals surface area contributed by atoms with E-state index in [4.69, 9.17) is 4.74 Å². The van der Waals surface area contributed by atoms with Gasteiger partial charge in [-0.25, -0.2) is 12.8 Å². The number of carbonyl (C=O) groups excluding carboxylic acids is 1. The molecule has 1 aliphatic heterocycles. The second-order valence-electron chi connectivity index (χ2n) is 6.10. The zero-order valence-electron chi connectivity index (χ0n) is 14.5. The monoisotopic (exact) mass is 381 g/mol. The number of ether oxygens (including phenoxy) is 1. The van der Waals surface area contributed by atoms with E-state index in [9.17, 15) is 17.6 Å². The molecular formula is C17H20FN3O4S. The third kappa shape index (κ3) is 3.64. The second kappa shape index (κ2) is 7.18. The van der Waals surface area contributed by atoms with Gasteiger partial charge in [0.25, 0.3) is 5.91 Å². The number of carbonyl (C=O) groups is 1. The van der Waals surface area contributed by atoms with Gasteiger partial charge < -0.3 is 14.6 Å². The molecule has 1 fully saturated rings. The Morgan fingerprint density at radius 2 is 1.92 bits per heavy atom. The zero-order chi connectivity index (χ0) is 18.9. The molecule has 26 heavy (non-hydrogen) atoms. The van der Waals surface area contributed by atoms with Gasteiger partial charge >= 0.3 is 0 Å². The van der Waals surface area contributed by atoms with Crippen molar-refractivity contribution in [1.82, 2.24) is 8.87 Å². The van der Waals surface area contributed by atoms with E-state index in [0.29, 0.717) is 24.5 Å². The standard InChI is InChI=1S/C17H20FN3O4S/c1-12-3-4-13(18)9-15(12)19-17(22)16-10-14(11-20(16)2)26(23,24)21-5-7-25-8-6-21/h3-4,9-11H,5-8H2,1-2H3,(H,19,22). The van der Waals surface area contributed by atoms with Crippen LogP contribution in [-0.2, 0) is 21.8 Å². The van der Waals surface area contributed by atoms with E-state index in [2.05, 4.69) is 5.32 Å². The average molecular weight is 381 g/mol. The van der Waals surface area contributed by atoms with Crippen molar-refractivity contribution in [2.24, 2.45) is 7.05 Å². The lowest BCUT2D eigenvalue weighted by Gasteiger charge is -2.25. The number of hydrogen-bond donors (Lipinski definition) is 1. The number of nitrogens with one attached hydrogen (secondary N) is 1. The summed E-state index contributed by atoms with van der Waals surface area (Å²) in [6.07, 6.45) is 1.40. The number of nitrogens with zero attached hydrogens (tertiary/aromatic N) is 2. The van der Waals surface area contributed by atoms with Crippen LogP contribution < -0.4 is 5.32 Å². The summed E-state index contributed by atoms with van der Waals surface area (Å²) in [5.74, 6) is -0.974. The van der Waals surface area contributed by atoms with Crippen LogP contribution in [0.2, 0.25) is 0 Å². The third-order valence-electron chi connectivity index (χ3n) is 4.27. The van der Waals surface area contributed by atoms with Crippen molar-refractivity contribution in [3.05, 3.63) is 47.5 Å². The largest absolute Gasteiger partial charge is 0.379 e. The van der Waals surface area contributed by atoms with Crippen molar-refractivity contribution < 1.29 is 22.3 Å². The molecule has 1 aromatic carbocycles. The molecule has 140 valence electrons. The van der Waals surface area contributed by atoms with Crippen molar-refractivity contribution in [3.63, 3.8) is 0 Å². The number of anilines is 1. The molecule has 0 saturated carbocycles. The molecule has 2 heterocycles. The van der Waals surface area contributed by atoms with E-state index < -0.39 is 21.7 Å². The number of benzene rings is 1. The highest BCUT2D eigenvalue weighted by atomic mass is 32.2. The Morgan fingerprint density at radius 1 is 1.23 bits per heavy atom. The molecular weight excluding hydrogens is 361 g/mol. The van der Waals surface area contributed by atoms with Crippen LogP contribution in [0.4, 0.5) is 10.1 Å². The van der Waals surface area contributed by atoms with Crippen molar-refractivity contribution in [3.8, 4) is 0 Å². The lowest BCUT2D eigenvalue weighted by Crippen LogP contribution is -2.40. The Hall–Kier alpha value is -2.23. The molecule has 0 atom stereocenters. The first-order valence-corrected chi connectivity index (χ1v) is 9.55. The number of rotatable bonds is 4. The number of morpholine rings is 1. The van der Waals surface area contributed by atoms with Gasteiger partial charge in [0.1, 0.15) is 16.4 Å². The summed E-state index contributed by atoms with van der Waals surface area (Å²) in [7, 11) is -2.10. The first-order chi connectivity index (χ1) is 12.3. The summed E-state index contributed by atoms with van der Waals surface area (Å²) >= 11 is 0. The number of aromatic nitrogens is 1. The lowest BCUT2D eigenvalue weighted by atomic mass is 10.2. The van der Waals surface area contributed by atoms with E-state index in [-0.39, 0.29) is 23.7 Å². The molecule has 7 nitrogen and oxygen atoms in total. The molecule has 1 amide bonds. The van der Waals surface area contributed by atoms with Gasteiger partial charge in [0.05, 0.1) is 13.2 Å². The van der Waals surface area contributed by atoms with Crippen molar-refractivity contribution >= 4 is 21.6 Å². The van der Waals surface area contributed by atoms with Crippen molar-refractivity contribution in [2.45, 2.75) is 11.8 Å². The highest BCUT2D eigenvalue weighted by Gasteiger charge is 2.28. The van der Waals surface area contributed by atoms with Gasteiger partial charge in [-0.15, -0.1) is 0 Å². The van der Waals surface area contributed by atoms with Crippen LogP contribution in [0.1, 0.15) is 16.1 Å². The number of hydrogen-bond acceptors (Lipinski definition) is 4. The van der Waals surface area contributed by atoms with Gasteiger partial charge in [-0.1, -0.05) is 6.07 Å². The molecule has 0 unspecified atom stereocenters. The van der Waals surface area contributed by atoms with E-state index in [1.54, 1.807) is 20.0 Å². The van der Waals surface area contributed by atoms with Gasteiger partial charge in [0.2, 0.25) is 10.0 Å². The molecule has 1 aromatic heterocycles. The quantitative estimate of drug-likeness (QED) is 0.875. The maximum absolute atomic E-state index is 13.4. The van der Waals surface area contributed by atoms with E-state index in [1.807, 2.05) is 0 Å². The summed E-state index contributed by atoms with van der Waals surface area (Å²) in [5, 5.41) is 2.62.